The second kappa shape index (κ2) is 6.95. The van der Waals surface area contributed by atoms with E-state index in [1.54, 1.807) is 26.0 Å². The number of aliphatic hydroxyl groups excluding tert-OH is 1. The number of hydrogen-bond acceptors (Lipinski definition) is 5. The van der Waals surface area contributed by atoms with Gasteiger partial charge >= 0.3 is 0 Å². The van der Waals surface area contributed by atoms with Crippen LogP contribution in [0, 0.1) is 5.92 Å². The predicted molar refractivity (Wildman–Crippen MR) is 88.9 cm³/mol. The molecule has 1 aromatic carbocycles. The first-order valence-corrected chi connectivity index (χ1v) is 7.98. The molecule has 6 heteroatoms. The molecule has 0 fully saturated rings. The Morgan fingerprint density at radius 2 is 2.00 bits per heavy atom. The van der Waals surface area contributed by atoms with Crippen molar-refractivity contribution in [1.29, 1.82) is 0 Å². The lowest BCUT2D eigenvalue weighted by molar-refractivity contribution is -0.129. The van der Waals surface area contributed by atoms with Crippen LogP contribution in [-0.4, -0.2) is 40.5 Å². The Labute approximate surface area is 141 Å². The van der Waals surface area contributed by atoms with Gasteiger partial charge in [0.1, 0.15) is 0 Å². The minimum absolute atomic E-state index is 0.0818. The van der Waals surface area contributed by atoms with Crippen molar-refractivity contribution in [1.82, 2.24) is 4.90 Å². The zero-order valence-electron chi connectivity index (χ0n) is 14.4. The second-order valence-electron chi connectivity index (χ2n) is 6.11. The molecule has 1 aliphatic heterocycles. The fourth-order valence-electron chi connectivity index (χ4n) is 2.91. The summed E-state index contributed by atoms with van der Waals surface area (Å²) in [5.41, 5.74) is 0.649. The van der Waals surface area contributed by atoms with Crippen LogP contribution in [-0.2, 0) is 9.59 Å². The number of phenols is 1. The highest BCUT2D eigenvalue weighted by atomic mass is 16.5. The van der Waals surface area contributed by atoms with Crippen LogP contribution in [0.3, 0.4) is 0 Å². The number of hydrogen-bond donors (Lipinski definition) is 2. The molecule has 0 spiro atoms. The summed E-state index contributed by atoms with van der Waals surface area (Å²) < 4.78 is 5.03. The lowest BCUT2D eigenvalue weighted by atomic mass is 9.91. The number of carbonyl (C=O) groups is 2. The van der Waals surface area contributed by atoms with Gasteiger partial charge in [-0.25, -0.2) is 0 Å². The van der Waals surface area contributed by atoms with Crippen molar-refractivity contribution in [2.45, 2.75) is 33.2 Å². The van der Waals surface area contributed by atoms with Gasteiger partial charge in [-0.2, -0.15) is 0 Å². The maximum absolute atomic E-state index is 12.6. The number of benzene rings is 1. The van der Waals surface area contributed by atoms with E-state index in [1.807, 2.05) is 6.92 Å². The van der Waals surface area contributed by atoms with Crippen molar-refractivity contribution in [3.05, 3.63) is 35.1 Å². The molecular formula is C18H23NO5. The van der Waals surface area contributed by atoms with Gasteiger partial charge in [0.2, 0.25) is 0 Å². The third kappa shape index (κ3) is 2.96. The first-order valence-electron chi connectivity index (χ1n) is 7.98. The van der Waals surface area contributed by atoms with Crippen molar-refractivity contribution in [2.75, 3.05) is 13.7 Å². The van der Waals surface area contributed by atoms with Crippen LogP contribution >= 0.6 is 0 Å². The Kier molecular flexibility index (Phi) is 5.17. The van der Waals surface area contributed by atoms with Gasteiger partial charge in [-0.3, -0.25) is 9.59 Å². The number of ether oxygens (including phenoxy) is 1. The number of rotatable bonds is 6. The van der Waals surface area contributed by atoms with E-state index >= 15 is 0 Å². The lowest BCUT2D eigenvalue weighted by Gasteiger charge is -2.27. The van der Waals surface area contributed by atoms with E-state index in [1.165, 1.54) is 18.1 Å². The summed E-state index contributed by atoms with van der Waals surface area (Å²) >= 11 is 0. The fourth-order valence-corrected chi connectivity index (χ4v) is 2.91. The Morgan fingerprint density at radius 1 is 1.33 bits per heavy atom. The predicted octanol–water partition coefficient (Wildman–Crippen LogP) is 2.73. The Hall–Kier alpha value is -2.50. The number of methoxy groups -OCH3 is 1. The topological polar surface area (TPSA) is 87.1 Å². The molecule has 0 saturated heterocycles. The van der Waals surface area contributed by atoms with E-state index < -0.39 is 17.7 Å². The van der Waals surface area contributed by atoms with Crippen molar-refractivity contribution < 1.29 is 24.5 Å². The van der Waals surface area contributed by atoms with Crippen LogP contribution in [0.15, 0.2) is 29.5 Å². The van der Waals surface area contributed by atoms with Crippen LogP contribution in [0.4, 0.5) is 0 Å². The third-order valence-corrected chi connectivity index (χ3v) is 4.08. The fraction of sp³-hybridized carbons (Fsp3) is 0.444. The van der Waals surface area contributed by atoms with E-state index in [2.05, 4.69) is 0 Å². The zero-order valence-corrected chi connectivity index (χ0v) is 14.4. The molecule has 130 valence electrons. The minimum atomic E-state index is -0.704. The van der Waals surface area contributed by atoms with Crippen molar-refractivity contribution in [2.24, 2.45) is 5.92 Å². The summed E-state index contributed by atoms with van der Waals surface area (Å²) in [4.78, 5) is 26.4. The summed E-state index contributed by atoms with van der Waals surface area (Å²) in [6, 6.07) is 4.02. The van der Waals surface area contributed by atoms with Gasteiger partial charge < -0.3 is 19.8 Å². The molecule has 1 aromatic rings. The lowest BCUT2D eigenvalue weighted by Crippen LogP contribution is -2.32. The molecule has 0 aliphatic carbocycles. The number of carbonyl (C=O) groups excluding carboxylic acids is 2. The summed E-state index contributed by atoms with van der Waals surface area (Å²) in [6.45, 7) is 5.75. The SMILES string of the molecule is CCCN1C(=O)C(O)=C(C(=O)C(C)C)C1c1ccc(OC)c(O)c1. The molecule has 2 rings (SSSR count). The molecule has 1 atom stereocenters. The summed E-state index contributed by atoms with van der Waals surface area (Å²) in [6.07, 6.45) is 0.681. The number of phenolic OH excluding ortho intramolecular Hbond substituents is 1. The minimum Gasteiger partial charge on any atom is -0.504 e. The number of nitrogens with zero attached hydrogens (tertiary/aromatic N) is 1. The number of Topliss-reactive ketones (excluding diaryl/α,β-unsaturated/α-hetero) is 1. The average molecular weight is 333 g/mol. The van der Waals surface area contributed by atoms with E-state index in [0.717, 1.165) is 0 Å². The second-order valence-corrected chi connectivity index (χ2v) is 6.11. The van der Waals surface area contributed by atoms with Crippen molar-refractivity contribution in [3.8, 4) is 11.5 Å². The van der Waals surface area contributed by atoms with Crippen LogP contribution < -0.4 is 4.74 Å². The molecule has 1 aliphatic rings. The van der Waals surface area contributed by atoms with Crippen LogP contribution in [0.1, 0.15) is 38.8 Å². The molecular weight excluding hydrogens is 310 g/mol. The highest BCUT2D eigenvalue weighted by Crippen LogP contribution is 2.41. The smallest absolute Gasteiger partial charge is 0.290 e. The van der Waals surface area contributed by atoms with E-state index in [0.29, 0.717) is 24.3 Å². The maximum Gasteiger partial charge on any atom is 0.290 e. The monoisotopic (exact) mass is 333 g/mol. The Morgan fingerprint density at radius 3 is 2.50 bits per heavy atom. The highest BCUT2D eigenvalue weighted by molar-refractivity contribution is 6.09. The molecule has 6 nitrogen and oxygen atoms in total. The summed E-state index contributed by atoms with van der Waals surface area (Å²) in [5, 5.41) is 20.3. The average Bonchev–Trinajstić information content (AvgIpc) is 2.79. The van der Waals surface area contributed by atoms with Gasteiger partial charge in [0.15, 0.2) is 23.0 Å². The highest BCUT2D eigenvalue weighted by Gasteiger charge is 2.43. The maximum atomic E-state index is 12.6. The van der Waals surface area contributed by atoms with Gasteiger partial charge in [-0.15, -0.1) is 0 Å². The molecule has 0 aromatic heterocycles. The Balaban J connectivity index is 2.57. The first-order chi connectivity index (χ1) is 11.3. The van der Waals surface area contributed by atoms with Gasteiger partial charge in [-0.1, -0.05) is 26.8 Å². The molecule has 0 radical (unpaired) electrons. The number of aromatic hydroxyl groups is 1. The molecule has 1 amide bonds. The summed E-state index contributed by atoms with van der Waals surface area (Å²) in [5.74, 6) is -1.47. The molecule has 2 N–H and O–H groups in total. The van der Waals surface area contributed by atoms with Crippen molar-refractivity contribution in [3.63, 3.8) is 0 Å². The quantitative estimate of drug-likeness (QED) is 0.836. The molecule has 24 heavy (non-hydrogen) atoms. The van der Waals surface area contributed by atoms with Crippen LogP contribution in [0.5, 0.6) is 11.5 Å². The molecule has 1 unspecified atom stereocenters. The number of ketones is 1. The van der Waals surface area contributed by atoms with Gasteiger partial charge in [0.05, 0.1) is 18.7 Å². The summed E-state index contributed by atoms with van der Waals surface area (Å²) in [7, 11) is 1.44. The normalized spacial score (nSPS) is 17.8. The first kappa shape index (κ1) is 17.8. The van der Waals surface area contributed by atoms with Gasteiger partial charge in [0.25, 0.3) is 5.91 Å². The largest absolute Gasteiger partial charge is 0.504 e. The van der Waals surface area contributed by atoms with Crippen LogP contribution in [0.25, 0.3) is 0 Å². The molecule has 1 heterocycles. The van der Waals surface area contributed by atoms with Crippen molar-refractivity contribution >= 4 is 11.7 Å². The van der Waals surface area contributed by atoms with E-state index in [4.69, 9.17) is 4.74 Å². The van der Waals surface area contributed by atoms with Crippen LogP contribution in [0.2, 0.25) is 0 Å². The van der Waals surface area contributed by atoms with E-state index in [-0.39, 0.29) is 23.0 Å². The van der Waals surface area contributed by atoms with Gasteiger partial charge in [-0.05, 0) is 24.1 Å². The standard InChI is InChI=1S/C18H23NO5/c1-5-8-19-15(11-6-7-13(24-4)12(20)9-11)14(16(21)10(2)3)17(22)18(19)23/h6-7,9-10,15,20,22H,5,8H2,1-4H3. The molecule has 0 saturated carbocycles. The zero-order chi connectivity index (χ0) is 18.0. The van der Waals surface area contributed by atoms with Gasteiger partial charge in [0, 0.05) is 12.5 Å². The number of aliphatic hydroxyl groups is 1. The third-order valence-electron chi connectivity index (χ3n) is 4.08. The number of amides is 1. The van der Waals surface area contributed by atoms with E-state index in [9.17, 15) is 19.8 Å². The molecule has 0 bridgehead atoms. The Bertz CT molecular complexity index is 693.